The molecule has 0 fully saturated rings. The summed E-state index contributed by atoms with van der Waals surface area (Å²) in [6.07, 6.45) is 0. The highest BCUT2D eigenvalue weighted by molar-refractivity contribution is 5.84. The van der Waals surface area contributed by atoms with Crippen LogP contribution in [0.1, 0.15) is 22.3 Å². The van der Waals surface area contributed by atoms with Crippen LogP contribution in [0, 0.1) is 27.7 Å². The number of hydrogen-bond acceptors (Lipinski definition) is 1. The second kappa shape index (κ2) is 4.75. The van der Waals surface area contributed by atoms with Crippen molar-refractivity contribution in [3.8, 4) is 11.3 Å². The Kier molecular flexibility index (Phi) is 3.06. The SMILES string of the molecule is Cc1ccc(-c2nc3cc(C)ccc3cc2C)c(C)c1. The van der Waals surface area contributed by atoms with Crippen molar-refractivity contribution in [2.45, 2.75) is 27.7 Å². The van der Waals surface area contributed by atoms with Gasteiger partial charge in [0, 0.05) is 10.9 Å². The molecule has 0 unspecified atom stereocenters. The summed E-state index contributed by atoms with van der Waals surface area (Å²) in [5.41, 5.74) is 8.46. The second-order valence-electron chi connectivity index (χ2n) is 5.67. The summed E-state index contributed by atoms with van der Waals surface area (Å²) in [6, 6.07) is 15.2. The van der Waals surface area contributed by atoms with Crippen molar-refractivity contribution in [1.82, 2.24) is 4.98 Å². The standard InChI is InChI=1S/C19H19N/c1-12-6-8-17(14(3)9-12)19-15(4)11-16-7-5-13(2)10-18(16)20-19/h5-11H,1-4H3. The van der Waals surface area contributed by atoms with Crippen LogP contribution in [0.15, 0.2) is 42.5 Å². The van der Waals surface area contributed by atoms with Crippen molar-refractivity contribution in [2.75, 3.05) is 0 Å². The highest BCUT2D eigenvalue weighted by Gasteiger charge is 2.09. The molecule has 0 N–H and O–H groups in total. The van der Waals surface area contributed by atoms with Crippen LogP contribution >= 0.6 is 0 Å². The Bertz CT molecular complexity index is 800. The molecule has 0 amide bonds. The number of pyridine rings is 1. The van der Waals surface area contributed by atoms with Gasteiger partial charge in [0.25, 0.3) is 0 Å². The molecule has 100 valence electrons. The van der Waals surface area contributed by atoms with E-state index in [1.807, 2.05) is 0 Å². The summed E-state index contributed by atoms with van der Waals surface area (Å²) in [6.45, 7) is 8.53. The number of nitrogens with zero attached hydrogens (tertiary/aromatic N) is 1. The molecule has 0 radical (unpaired) electrons. The van der Waals surface area contributed by atoms with E-state index in [4.69, 9.17) is 4.98 Å². The topological polar surface area (TPSA) is 12.9 Å². The zero-order valence-corrected chi connectivity index (χ0v) is 12.5. The van der Waals surface area contributed by atoms with Crippen molar-refractivity contribution in [2.24, 2.45) is 0 Å². The van der Waals surface area contributed by atoms with Crippen molar-refractivity contribution in [1.29, 1.82) is 0 Å². The average molecular weight is 261 g/mol. The summed E-state index contributed by atoms with van der Waals surface area (Å²) < 4.78 is 0. The van der Waals surface area contributed by atoms with Crippen LogP contribution in [0.25, 0.3) is 22.2 Å². The maximum Gasteiger partial charge on any atom is 0.0741 e. The quantitative estimate of drug-likeness (QED) is 0.591. The first kappa shape index (κ1) is 12.9. The van der Waals surface area contributed by atoms with Gasteiger partial charge < -0.3 is 0 Å². The van der Waals surface area contributed by atoms with Gasteiger partial charge in [-0.3, -0.25) is 0 Å². The van der Waals surface area contributed by atoms with Gasteiger partial charge >= 0.3 is 0 Å². The lowest BCUT2D eigenvalue weighted by Gasteiger charge is -2.11. The van der Waals surface area contributed by atoms with E-state index < -0.39 is 0 Å². The van der Waals surface area contributed by atoms with E-state index >= 15 is 0 Å². The fourth-order valence-electron chi connectivity index (χ4n) is 2.73. The average Bonchev–Trinajstić information content (AvgIpc) is 2.39. The Labute approximate surface area is 120 Å². The summed E-state index contributed by atoms with van der Waals surface area (Å²) in [7, 11) is 0. The number of aryl methyl sites for hydroxylation is 4. The highest BCUT2D eigenvalue weighted by atomic mass is 14.7. The second-order valence-corrected chi connectivity index (χ2v) is 5.67. The number of fused-ring (bicyclic) bond motifs is 1. The molecule has 0 aliphatic rings. The summed E-state index contributed by atoms with van der Waals surface area (Å²) in [5, 5.41) is 1.21. The van der Waals surface area contributed by atoms with Crippen LogP contribution in [-0.2, 0) is 0 Å². The fraction of sp³-hybridized carbons (Fsp3) is 0.211. The van der Waals surface area contributed by atoms with Gasteiger partial charge in [0.2, 0.25) is 0 Å². The highest BCUT2D eigenvalue weighted by Crippen LogP contribution is 2.28. The largest absolute Gasteiger partial charge is 0.247 e. The lowest BCUT2D eigenvalue weighted by Crippen LogP contribution is -1.93. The first-order valence-electron chi connectivity index (χ1n) is 7.00. The van der Waals surface area contributed by atoms with Gasteiger partial charge in [-0.05, 0) is 56.5 Å². The Morgan fingerprint density at radius 3 is 2.15 bits per heavy atom. The van der Waals surface area contributed by atoms with Crippen LogP contribution in [0.3, 0.4) is 0 Å². The van der Waals surface area contributed by atoms with Gasteiger partial charge in [-0.1, -0.05) is 35.9 Å². The number of hydrogen-bond donors (Lipinski definition) is 0. The van der Waals surface area contributed by atoms with Gasteiger partial charge in [0.1, 0.15) is 0 Å². The molecule has 2 aromatic carbocycles. The minimum atomic E-state index is 1.07. The molecule has 0 spiro atoms. The van der Waals surface area contributed by atoms with Gasteiger partial charge in [0.15, 0.2) is 0 Å². The summed E-state index contributed by atoms with van der Waals surface area (Å²) in [5.74, 6) is 0. The van der Waals surface area contributed by atoms with Crippen LogP contribution in [0.2, 0.25) is 0 Å². The predicted octanol–water partition coefficient (Wildman–Crippen LogP) is 5.14. The Morgan fingerprint density at radius 1 is 0.700 bits per heavy atom. The summed E-state index contributed by atoms with van der Waals surface area (Å²) >= 11 is 0. The summed E-state index contributed by atoms with van der Waals surface area (Å²) in [4.78, 5) is 4.90. The molecule has 0 saturated carbocycles. The lowest BCUT2D eigenvalue weighted by molar-refractivity contribution is 1.29. The van der Waals surface area contributed by atoms with Crippen LogP contribution in [0.4, 0.5) is 0 Å². The molecule has 3 aromatic rings. The third-order valence-electron chi connectivity index (χ3n) is 3.80. The molecule has 20 heavy (non-hydrogen) atoms. The van der Waals surface area contributed by atoms with E-state index in [1.54, 1.807) is 0 Å². The number of aromatic nitrogens is 1. The van der Waals surface area contributed by atoms with E-state index in [9.17, 15) is 0 Å². The molecule has 1 heteroatoms. The van der Waals surface area contributed by atoms with Crippen LogP contribution in [-0.4, -0.2) is 4.98 Å². The van der Waals surface area contributed by atoms with Crippen molar-refractivity contribution in [3.05, 3.63) is 64.7 Å². The Morgan fingerprint density at radius 2 is 1.40 bits per heavy atom. The molecule has 1 aromatic heterocycles. The first-order chi connectivity index (χ1) is 9.54. The van der Waals surface area contributed by atoms with Crippen molar-refractivity contribution >= 4 is 10.9 Å². The minimum absolute atomic E-state index is 1.07. The minimum Gasteiger partial charge on any atom is -0.247 e. The predicted molar refractivity (Wildman–Crippen MR) is 86.1 cm³/mol. The number of rotatable bonds is 1. The van der Waals surface area contributed by atoms with E-state index in [-0.39, 0.29) is 0 Å². The molecule has 0 atom stereocenters. The van der Waals surface area contributed by atoms with Crippen molar-refractivity contribution < 1.29 is 0 Å². The molecular formula is C19H19N. The van der Waals surface area contributed by atoms with Gasteiger partial charge in [-0.25, -0.2) is 4.98 Å². The third-order valence-corrected chi connectivity index (χ3v) is 3.80. The van der Waals surface area contributed by atoms with Gasteiger partial charge in [-0.2, -0.15) is 0 Å². The molecule has 0 saturated heterocycles. The maximum atomic E-state index is 4.90. The van der Waals surface area contributed by atoms with Crippen LogP contribution < -0.4 is 0 Å². The van der Waals surface area contributed by atoms with Gasteiger partial charge in [0.05, 0.1) is 11.2 Å². The normalized spacial score (nSPS) is 11.0. The third kappa shape index (κ3) is 2.20. The molecule has 1 nitrogen and oxygen atoms in total. The number of benzene rings is 2. The first-order valence-corrected chi connectivity index (χ1v) is 7.00. The maximum absolute atomic E-state index is 4.90. The van der Waals surface area contributed by atoms with E-state index in [0.29, 0.717) is 0 Å². The molecule has 1 heterocycles. The fourth-order valence-corrected chi connectivity index (χ4v) is 2.73. The molecule has 3 rings (SSSR count). The van der Waals surface area contributed by atoms with E-state index in [2.05, 4.69) is 70.2 Å². The monoisotopic (exact) mass is 261 g/mol. The van der Waals surface area contributed by atoms with Gasteiger partial charge in [-0.15, -0.1) is 0 Å². The smallest absolute Gasteiger partial charge is 0.0741 e. The molecular weight excluding hydrogens is 242 g/mol. The Balaban J connectivity index is 2.27. The van der Waals surface area contributed by atoms with E-state index in [0.717, 1.165) is 11.2 Å². The molecule has 0 bridgehead atoms. The Hall–Kier alpha value is -2.15. The van der Waals surface area contributed by atoms with Crippen molar-refractivity contribution in [3.63, 3.8) is 0 Å². The van der Waals surface area contributed by atoms with Crippen LogP contribution in [0.5, 0.6) is 0 Å². The lowest BCUT2D eigenvalue weighted by atomic mass is 9.98. The van der Waals surface area contributed by atoms with E-state index in [1.165, 1.54) is 33.2 Å². The molecule has 0 aliphatic heterocycles. The zero-order chi connectivity index (χ0) is 14.3. The molecule has 0 aliphatic carbocycles. The zero-order valence-electron chi connectivity index (χ0n) is 12.5.